The van der Waals surface area contributed by atoms with Gasteiger partial charge >= 0.3 is 51.4 Å². The van der Waals surface area contributed by atoms with Gasteiger partial charge in [0, 0.05) is 0 Å². The van der Waals surface area contributed by atoms with Crippen molar-refractivity contribution >= 4 is 5.97 Å². The molecular weight excluding hydrogens is 183 g/mol. The number of carboxylic acid groups (broad SMARTS) is 1. The number of aliphatic hydroxyl groups is 1. The molecule has 0 heterocycles. The van der Waals surface area contributed by atoms with Gasteiger partial charge in [0.1, 0.15) is 0 Å². The summed E-state index contributed by atoms with van der Waals surface area (Å²) < 4.78 is 0. The van der Waals surface area contributed by atoms with Crippen LogP contribution in [0.25, 0.3) is 0 Å². The minimum atomic E-state index is -1.36. The first-order valence-electron chi connectivity index (χ1n) is 4.07. The predicted octanol–water partition coefficient (Wildman–Crippen LogP) is -2.93. The van der Waals surface area contributed by atoms with Crippen molar-refractivity contribution in [3.63, 3.8) is 0 Å². The second-order valence-corrected chi connectivity index (χ2v) is 2.68. The average Bonchev–Trinajstić information content (AvgIpc) is 1.97. The molecule has 0 bridgehead atoms. The quantitative estimate of drug-likeness (QED) is 0.367. The van der Waals surface area contributed by atoms with Gasteiger partial charge in [0.25, 0.3) is 0 Å². The fourth-order valence-corrected chi connectivity index (χ4v) is 0.882. The smallest absolute Gasteiger partial charge is 0.547 e. The maximum Gasteiger partial charge on any atom is 1.00 e. The van der Waals surface area contributed by atoms with Gasteiger partial charge in [-0.15, -0.1) is 0 Å². The fraction of sp³-hybridized carbons (Fsp3) is 0.875. The van der Waals surface area contributed by atoms with Crippen molar-refractivity contribution in [2.45, 2.75) is 45.1 Å². The van der Waals surface area contributed by atoms with E-state index in [-0.39, 0.29) is 51.4 Å². The monoisotopic (exact) mass is 198 g/mol. The first kappa shape index (κ1) is 15.5. The topological polar surface area (TPSA) is 60.4 Å². The first-order chi connectivity index (χ1) is 5.18. The van der Waals surface area contributed by atoms with Crippen molar-refractivity contribution in [3.05, 3.63) is 0 Å². The van der Waals surface area contributed by atoms with Crippen LogP contribution in [0.5, 0.6) is 0 Å². The number of hydrogen-bond donors (Lipinski definition) is 1. The number of aliphatic carboxylic acids is 1. The van der Waals surface area contributed by atoms with Crippen molar-refractivity contribution < 1.29 is 66.4 Å². The molecule has 0 aliphatic carbocycles. The standard InChI is InChI=1S/C8H16O3.K/c1-2-3-4-5-6-7(9)8(10)11;/h7,9H,2-6H2,1H3,(H,10,11);/q;+1/p-1. The third-order valence-electron chi connectivity index (χ3n) is 1.60. The maximum absolute atomic E-state index is 10.0. The molecule has 4 heteroatoms. The molecule has 3 nitrogen and oxygen atoms in total. The molecule has 0 fully saturated rings. The maximum atomic E-state index is 10.0. The van der Waals surface area contributed by atoms with E-state index in [1.807, 2.05) is 0 Å². The molecule has 1 atom stereocenters. The zero-order valence-corrected chi connectivity index (χ0v) is 11.0. The second-order valence-electron chi connectivity index (χ2n) is 2.68. The van der Waals surface area contributed by atoms with Crippen molar-refractivity contribution in [1.82, 2.24) is 0 Å². The van der Waals surface area contributed by atoms with E-state index in [2.05, 4.69) is 6.92 Å². The molecule has 0 aliphatic heterocycles. The van der Waals surface area contributed by atoms with Gasteiger partial charge in [0.15, 0.2) is 0 Å². The fourth-order valence-electron chi connectivity index (χ4n) is 0.882. The molecule has 0 spiro atoms. The Hall–Kier alpha value is 1.07. The Morgan fingerprint density at radius 2 is 2.00 bits per heavy atom. The molecule has 0 saturated carbocycles. The summed E-state index contributed by atoms with van der Waals surface area (Å²) in [6, 6.07) is 0. The Morgan fingerprint density at radius 3 is 2.42 bits per heavy atom. The van der Waals surface area contributed by atoms with E-state index < -0.39 is 12.1 Å². The van der Waals surface area contributed by atoms with E-state index in [0.29, 0.717) is 6.42 Å². The third-order valence-corrected chi connectivity index (χ3v) is 1.60. The van der Waals surface area contributed by atoms with Crippen LogP contribution in [-0.2, 0) is 4.79 Å². The Kier molecular flexibility index (Phi) is 13.1. The number of carbonyl (C=O) groups excluding carboxylic acids is 1. The van der Waals surface area contributed by atoms with Crippen LogP contribution in [0, 0.1) is 0 Å². The molecule has 0 aliphatic rings. The molecule has 66 valence electrons. The minimum absolute atomic E-state index is 0. The molecule has 1 N–H and O–H groups in total. The second kappa shape index (κ2) is 10.1. The molecule has 0 radical (unpaired) electrons. The third kappa shape index (κ3) is 9.16. The largest absolute Gasteiger partial charge is 1.00 e. The summed E-state index contributed by atoms with van der Waals surface area (Å²) in [6.45, 7) is 2.08. The molecule has 0 saturated heterocycles. The van der Waals surface area contributed by atoms with Gasteiger partial charge in [-0.05, 0) is 6.42 Å². The first-order valence-corrected chi connectivity index (χ1v) is 4.07. The van der Waals surface area contributed by atoms with E-state index in [0.717, 1.165) is 25.7 Å². The van der Waals surface area contributed by atoms with Crippen LogP contribution in [0.1, 0.15) is 39.0 Å². The van der Waals surface area contributed by atoms with Crippen LogP contribution >= 0.6 is 0 Å². The molecule has 0 rings (SSSR count). The van der Waals surface area contributed by atoms with Crippen LogP contribution in [-0.4, -0.2) is 17.2 Å². The average molecular weight is 198 g/mol. The van der Waals surface area contributed by atoms with Crippen LogP contribution in [0.4, 0.5) is 0 Å². The van der Waals surface area contributed by atoms with E-state index >= 15 is 0 Å². The number of carbonyl (C=O) groups is 1. The van der Waals surface area contributed by atoms with Gasteiger partial charge in [-0.1, -0.05) is 32.6 Å². The van der Waals surface area contributed by atoms with Crippen LogP contribution < -0.4 is 56.5 Å². The SMILES string of the molecule is CCCCCCC(O)C(=O)[O-].[K+]. The van der Waals surface area contributed by atoms with Gasteiger partial charge in [-0.2, -0.15) is 0 Å². The Bertz CT molecular complexity index is 117. The van der Waals surface area contributed by atoms with Gasteiger partial charge in [0.05, 0.1) is 12.1 Å². The normalized spacial score (nSPS) is 11.8. The zero-order valence-electron chi connectivity index (χ0n) is 7.88. The van der Waals surface area contributed by atoms with Gasteiger partial charge in [0.2, 0.25) is 0 Å². The number of hydrogen-bond acceptors (Lipinski definition) is 3. The van der Waals surface area contributed by atoms with E-state index in [1.54, 1.807) is 0 Å². The minimum Gasteiger partial charge on any atom is -0.547 e. The summed E-state index contributed by atoms with van der Waals surface area (Å²) in [7, 11) is 0. The number of aliphatic hydroxyl groups excluding tert-OH is 1. The summed E-state index contributed by atoms with van der Waals surface area (Å²) in [4.78, 5) is 10.0. The number of carboxylic acids is 1. The summed E-state index contributed by atoms with van der Waals surface area (Å²) >= 11 is 0. The van der Waals surface area contributed by atoms with Crippen molar-refractivity contribution in [2.75, 3.05) is 0 Å². The Labute approximate surface area is 116 Å². The van der Waals surface area contributed by atoms with Gasteiger partial charge in [-0.25, -0.2) is 0 Å². The molecule has 0 aromatic heterocycles. The summed E-state index contributed by atoms with van der Waals surface area (Å²) in [5.41, 5.74) is 0. The molecule has 0 aromatic carbocycles. The molecule has 0 aromatic rings. The van der Waals surface area contributed by atoms with E-state index in [4.69, 9.17) is 5.11 Å². The molecular formula is C8H15KO3. The summed E-state index contributed by atoms with van der Waals surface area (Å²) in [5, 5.41) is 18.8. The predicted molar refractivity (Wildman–Crippen MR) is 39.8 cm³/mol. The van der Waals surface area contributed by atoms with Gasteiger partial charge < -0.3 is 15.0 Å². The van der Waals surface area contributed by atoms with Crippen LogP contribution in [0.3, 0.4) is 0 Å². The van der Waals surface area contributed by atoms with E-state index in [1.165, 1.54) is 0 Å². The van der Waals surface area contributed by atoms with Crippen LogP contribution in [0.15, 0.2) is 0 Å². The van der Waals surface area contributed by atoms with Crippen LogP contribution in [0.2, 0.25) is 0 Å². The van der Waals surface area contributed by atoms with E-state index in [9.17, 15) is 9.90 Å². The van der Waals surface area contributed by atoms with Crippen molar-refractivity contribution in [1.29, 1.82) is 0 Å². The van der Waals surface area contributed by atoms with Crippen molar-refractivity contribution in [2.24, 2.45) is 0 Å². The molecule has 12 heavy (non-hydrogen) atoms. The Morgan fingerprint density at radius 1 is 1.42 bits per heavy atom. The summed E-state index contributed by atoms with van der Waals surface area (Å²) in [5.74, 6) is -1.36. The number of rotatable bonds is 6. The van der Waals surface area contributed by atoms with Gasteiger partial charge in [-0.3, -0.25) is 0 Å². The zero-order chi connectivity index (χ0) is 8.69. The van der Waals surface area contributed by atoms with Crippen molar-refractivity contribution in [3.8, 4) is 0 Å². The Balaban J connectivity index is 0. The number of unbranched alkanes of at least 4 members (excludes halogenated alkanes) is 3. The summed E-state index contributed by atoms with van der Waals surface area (Å²) in [6.07, 6.45) is 3.01. The molecule has 0 amide bonds. The molecule has 1 unspecified atom stereocenters.